The lowest BCUT2D eigenvalue weighted by Gasteiger charge is -2.27. The van der Waals surface area contributed by atoms with Crippen LogP contribution in [0.3, 0.4) is 0 Å². The Morgan fingerprint density at radius 1 is 1.16 bits per heavy atom. The smallest absolute Gasteiger partial charge is 0.140 e. The van der Waals surface area contributed by atoms with Crippen LogP contribution in [0.4, 0.5) is 0 Å². The van der Waals surface area contributed by atoms with Crippen LogP contribution in [0.5, 0.6) is 0 Å². The van der Waals surface area contributed by atoms with Gasteiger partial charge in [0, 0.05) is 11.0 Å². The monoisotopic (exact) mass is 260 g/mol. The Hall–Kier alpha value is -1.58. The summed E-state index contributed by atoms with van der Waals surface area (Å²) in [4.78, 5) is 0. The third-order valence-corrected chi connectivity index (χ3v) is 3.45. The summed E-state index contributed by atoms with van der Waals surface area (Å²) >= 11 is 0. The Balaban J connectivity index is 2.40. The van der Waals surface area contributed by atoms with E-state index in [1.807, 2.05) is 37.3 Å². The van der Waals surface area contributed by atoms with Crippen molar-refractivity contribution in [3.63, 3.8) is 0 Å². The Bertz CT molecular complexity index is 537. The predicted octanol–water partition coefficient (Wildman–Crippen LogP) is 3.31. The van der Waals surface area contributed by atoms with E-state index in [0.717, 1.165) is 11.1 Å². The van der Waals surface area contributed by atoms with Crippen LogP contribution in [0.15, 0.2) is 41.0 Å². The predicted molar refractivity (Wildman–Crippen MR) is 74.7 cm³/mol. The first-order valence-electron chi connectivity index (χ1n) is 6.39. The van der Waals surface area contributed by atoms with Crippen LogP contribution in [-0.4, -0.2) is 16.8 Å². The molecule has 0 bridgehead atoms. The molecule has 1 heterocycles. The highest BCUT2D eigenvalue weighted by atomic mass is 16.4. The van der Waals surface area contributed by atoms with Crippen molar-refractivity contribution >= 4 is 0 Å². The zero-order chi connectivity index (χ0) is 14.0. The van der Waals surface area contributed by atoms with Crippen molar-refractivity contribution in [1.29, 1.82) is 0 Å². The molecule has 1 aromatic heterocycles. The van der Waals surface area contributed by atoms with Gasteiger partial charge in [-0.2, -0.15) is 0 Å². The molecule has 1 aromatic carbocycles. The van der Waals surface area contributed by atoms with Gasteiger partial charge in [0.25, 0.3) is 0 Å². The highest BCUT2D eigenvalue weighted by Crippen LogP contribution is 2.38. The molecule has 0 spiro atoms. The molecule has 0 saturated carbocycles. The third-order valence-electron chi connectivity index (χ3n) is 3.45. The largest absolute Gasteiger partial charge is 0.466 e. The topological polar surface area (TPSA) is 53.6 Å². The normalized spacial score (nSPS) is 13.5. The second kappa shape index (κ2) is 5.19. The molecule has 0 radical (unpaired) electrons. The molecule has 0 aliphatic rings. The minimum atomic E-state index is -0.844. The SMILES string of the molecule is Cc1ccc(-c2ccoc2[C@H](O)C(C)(C)CO)cc1. The van der Waals surface area contributed by atoms with Gasteiger partial charge in [0.15, 0.2) is 0 Å². The molecule has 19 heavy (non-hydrogen) atoms. The summed E-state index contributed by atoms with van der Waals surface area (Å²) in [6.07, 6.45) is 0.727. The second-order valence-electron chi connectivity index (χ2n) is 5.61. The fraction of sp³-hybridized carbons (Fsp3) is 0.375. The Morgan fingerprint density at radius 3 is 2.37 bits per heavy atom. The Labute approximate surface area is 113 Å². The summed E-state index contributed by atoms with van der Waals surface area (Å²) in [6, 6.07) is 9.90. The first-order valence-corrected chi connectivity index (χ1v) is 6.39. The van der Waals surface area contributed by atoms with Crippen molar-refractivity contribution in [2.24, 2.45) is 5.41 Å². The van der Waals surface area contributed by atoms with E-state index in [9.17, 15) is 10.2 Å². The molecule has 1 atom stereocenters. The van der Waals surface area contributed by atoms with Crippen molar-refractivity contribution in [1.82, 2.24) is 0 Å². The van der Waals surface area contributed by atoms with Gasteiger partial charge in [0.1, 0.15) is 11.9 Å². The standard InChI is InChI=1S/C16H20O3/c1-11-4-6-12(7-5-11)13-8-9-19-14(13)15(18)16(2,3)10-17/h4-9,15,17-18H,10H2,1-3H3/t15-/m0/s1. The minimum absolute atomic E-state index is 0.109. The van der Waals surface area contributed by atoms with Crippen LogP contribution >= 0.6 is 0 Å². The highest BCUT2D eigenvalue weighted by Gasteiger charge is 2.32. The van der Waals surface area contributed by atoms with Crippen molar-refractivity contribution in [2.75, 3.05) is 6.61 Å². The van der Waals surface area contributed by atoms with E-state index in [0.29, 0.717) is 5.76 Å². The zero-order valence-corrected chi connectivity index (χ0v) is 11.6. The van der Waals surface area contributed by atoms with Gasteiger partial charge in [-0.1, -0.05) is 43.7 Å². The maximum atomic E-state index is 10.4. The molecule has 3 heteroatoms. The highest BCUT2D eigenvalue weighted by molar-refractivity contribution is 5.66. The van der Waals surface area contributed by atoms with Gasteiger partial charge in [-0.3, -0.25) is 0 Å². The number of rotatable bonds is 4. The van der Waals surface area contributed by atoms with E-state index >= 15 is 0 Å². The van der Waals surface area contributed by atoms with Crippen LogP contribution in [0, 0.1) is 12.3 Å². The molecule has 0 amide bonds. The molecule has 0 fully saturated rings. The summed E-state index contributed by atoms with van der Waals surface area (Å²) in [6.45, 7) is 5.53. The van der Waals surface area contributed by atoms with Crippen LogP contribution in [-0.2, 0) is 0 Å². The molecule has 102 valence electrons. The van der Waals surface area contributed by atoms with E-state index in [4.69, 9.17) is 4.42 Å². The number of aliphatic hydroxyl groups excluding tert-OH is 2. The van der Waals surface area contributed by atoms with E-state index in [1.54, 1.807) is 20.1 Å². The zero-order valence-electron chi connectivity index (χ0n) is 11.6. The molecular formula is C16H20O3. The first kappa shape index (κ1) is 13.8. The fourth-order valence-corrected chi connectivity index (χ4v) is 1.95. The van der Waals surface area contributed by atoms with E-state index in [-0.39, 0.29) is 6.61 Å². The average molecular weight is 260 g/mol. The molecule has 3 nitrogen and oxygen atoms in total. The molecule has 0 aliphatic heterocycles. The van der Waals surface area contributed by atoms with E-state index in [2.05, 4.69) is 0 Å². The van der Waals surface area contributed by atoms with Gasteiger partial charge in [0.05, 0.1) is 12.9 Å². The van der Waals surface area contributed by atoms with Crippen molar-refractivity contribution < 1.29 is 14.6 Å². The van der Waals surface area contributed by atoms with E-state index < -0.39 is 11.5 Å². The molecule has 0 aliphatic carbocycles. The molecular weight excluding hydrogens is 240 g/mol. The van der Waals surface area contributed by atoms with Crippen molar-refractivity contribution in [2.45, 2.75) is 26.9 Å². The van der Waals surface area contributed by atoms with Crippen molar-refractivity contribution in [3.8, 4) is 11.1 Å². The van der Waals surface area contributed by atoms with Crippen molar-refractivity contribution in [3.05, 3.63) is 47.9 Å². The lowest BCUT2D eigenvalue weighted by atomic mass is 9.84. The van der Waals surface area contributed by atoms with Gasteiger partial charge >= 0.3 is 0 Å². The number of hydrogen-bond acceptors (Lipinski definition) is 3. The van der Waals surface area contributed by atoms with E-state index in [1.165, 1.54) is 5.56 Å². The number of benzene rings is 1. The molecule has 0 saturated heterocycles. The summed E-state index contributed by atoms with van der Waals surface area (Å²) in [5.41, 5.74) is 2.42. The Kier molecular flexibility index (Phi) is 3.78. The molecule has 2 aromatic rings. The minimum Gasteiger partial charge on any atom is -0.466 e. The molecule has 2 N–H and O–H groups in total. The first-order chi connectivity index (χ1) is 8.95. The lowest BCUT2D eigenvalue weighted by Crippen LogP contribution is -2.26. The van der Waals surface area contributed by atoms with Gasteiger partial charge in [-0.05, 0) is 18.6 Å². The number of furan rings is 1. The maximum Gasteiger partial charge on any atom is 0.140 e. The van der Waals surface area contributed by atoms with Gasteiger partial charge in [0.2, 0.25) is 0 Å². The van der Waals surface area contributed by atoms with Gasteiger partial charge in [-0.15, -0.1) is 0 Å². The third kappa shape index (κ3) is 2.72. The Morgan fingerprint density at radius 2 is 1.79 bits per heavy atom. The number of hydrogen-bond donors (Lipinski definition) is 2. The van der Waals surface area contributed by atoms with Crippen LogP contribution in [0.1, 0.15) is 31.3 Å². The molecule has 2 rings (SSSR count). The van der Waals surface area contributed by atoms with Crippen LogP contribution in [0.25, 0.3) is 11.1 Å². The van der Waals surface area contributed by atoms with Gasteiger partial charge in [-0.25, -0.2) is 0 Å². The summed E-state index contributed by atoms with van der Waals surface area (Å²) in [5.74, 6) is 0.503. The maximum absolute atomic E-state index is 10.4. The summed E-state index contributed by atoms with van der Waals surface area (Å²) < 4.78 is 5.44. The van der Waals surface area contributed by atoms with Crippen LogP contribution < -0.4 is 0 Å². The average Bonchev–Trinajstić information content (AvgIpc) is 2.87. The fourth-order valence-electron chi connectivity index (χ4n) is 1.95. The second-order valence-corrected chi connectivity index (χ2v) is 5.61. The quantitative estimate of drug-likeness (QED) is 0.886. The lowest BCUT2D eigenvalue weighted by molar-refractivity contribution is -0.00633. The molecule has 0 unspecified atom stereocenters. The van der Waals surface area contributed by atoms with Gasteiger partial charge < -0.3 is 14.6 Å². The summed E-state index contributed by atoms with van der Waals surface area (Å²) in [7, 11) is 0. The number of aliphatic hydroxyl groups is 2. The number of aryl methyl sites for hydroxylation is 1. The van der Waals surface area contributed by atoms with Crippen LogP contribution in [0.2, 0.25) is 0 Å². The summed E-state index contributed by atoms with van der Waals surface area (Å²) in [5, 5.41) is 19.7.